The number of amides is 1. The van der Waals surface area contributed by atoms with Crippen molar-refractivity contribution < 1.29 is 18.0 Å². The van der Waals surface area contributed by atoms with Crippen molar-refractivity contribution in [3.63, 3.8) is 0 Å². The number of carbonyl (C=O) groups excluding carboxylic acids is 1. The number of aromatic nitrogens is 2. The van der Waals surface area contributed by atoms with E-state index in [2.05, 4.69) is 20.6 Å². The second kappa shape index (κ2) is 7.96. The molecule has 5 nitrogen and oxygen atoms in total. The van der Waals surface area contributed by atoms with Gasteiger partial charge < -0.3 is 10.6 Å². The van der Waals surface area contributed by atoms with Crippen molar-refractivity contribution in [2.24, 2.45) is 5.92 Å². The lowest BCUT2D eigenvalue weighted by atomic mass is 10.1. The summed E-state index contributed by atoms with van der Waals surface area (Å²) >= 11 is 0. The van der Waals surface area contributed by atoms with Crippen LogP contribution >= 0.6 is 0 Å². The van der Waals surface area contributed by atoms with E-state index in [0.717, 1.165) is 12.5 Å². The Morgan fingerprint density at radius 3 is 2.60 bits per heavy atom. The molecule has 0 atom stereocenters. The van der Waals surface area contributed by atoms with Gasteiger partial charge in [-0.3, -0.25) is 4.79 Å². The van der Waals surface area contributed by atoms with Crippen LogP contribution in [-0.4, -0.2) is 22.4 Å². The van der Waals surface area contributed by atoms with Gasteiger partial charge >= 0.3 is 6.18 Å². The largest absolute Gasteiger partial charge is 0.418 e. The number of alkyl halides is 3. The van der Waals surface area contributed by atoms with E-state index in [0.29, 0.717) is 12.5 Å². The van der Waals surface area contributed by atoms with Crippen LogP contribution in [-0.2, 0) is 6.18 Å². The third-order valence-corrected chi connectivity index (χ3v) is 3.37. The highest BCUT2D eigenvalue weighted by Crippen LogP contribution is 2.35. The van der Waals surface area contributed by atoms with E-state index in [1.54, 1.807) is 0 Å². The number of nitrogens with one attached hydrogen (secondary N) is 2. The Morgan fingerprint density at radius 1 is 1.20 bits per heavy atom. The molecule has 0 saturated carbocycles. The number of benzene rings is 1. The van der Waals surface area contributed by atoms with Crippen LogP contribution < -0.4 is 10.6 Å². The van der Waals surface area contributed by atoms with Crippen LogP contribution in [0.25, 0.3) is 0 Å². The third kappa shape index (κ3) is 5.44. The summed E-state index contributed by atoms with van der Waals surface area (Å²) in [5, 5.41) is 5.25. The Morgan fingerprint density at radius 2 is 1.92 bits per heavy atom. The highest BCUT2D eigenvalue weighted by atomic mass is 19.4. The highest BCUT2D eigenvalue weighted by Gasteiger charge is 2.33. The van der Waals surface area contributed by atoms with E-state index in [4.69, 9.17) is 0 Å². The van der Waals surface area contributed by atoms with Crippen molar-refractivity contribution in [1.82, 2.24) is 15.3 Å². The minimum absolute atomic E-state index is 0.0757. The minimum Gasteiger partial charge on any atom is -0.351 e. The summed E-state index contributed by atoms with van der Waals surface area (Å²) in [4.78, 5) is 19.9. The van der Waals surface area contributed by atoms with Gasteiger partial charge in [-0.15, -0.1) is 0 Å². The Balaban J connectivity index is 2.14. The molecule has 0 bridgehead atoms. The highest BCUT2D eigenvalue weighted by molar-refractivity contribution is 5.92. The van der Waals surface area contributed by atoms with Gasteiger partial charge in [0.25, 0.3) is 5.91 Å². The van der Waals surface area contributed by atoms with E-state index < -0.39 is 17.6 Å². The molecular formula is C17H19F3N4O. The molecule has 0 spiro atoms. The zero-order valence-corrected chi connectivity index (χ0v) is 13.9. The van der Waals surface area contributed by atoms with Gasteiger partial charge in [-0.05, 0) is 30.5 Å². The van der Waals surface area contributed by atoms with Crippen molar-refractivity contribution in [3.8, 4) is 0 Å². The van der Waals surface area contributed by atoms with Gasteiger partial charge in [-0.2, -0.15) is 13.2 Å². The number of rotatable bonds is 6. The first-order valence-corrected chi connectivity index (χ1v) is 7.82. The Kier molecular flexibility index (Phi) is 5.95. The molecule has 1 aromatic heterocycles. The summed E-state index contributed by atoms with van der Waals surface area (Å²) in [5.41, 5.74) is -0.913. The van der Waals surface area contributed by atoms with Gasteiger partial charge in [0.15, 0.2) is 0 Å². The molecule has 0 aliphatic rings. The van der Waals surface area contributed by atoms with Crippen LogP contribution in [0.2, 0.25) is 0 Å². The molecule has 0 unspecified atom stereocenters. The van der Waals surface area contributed by atoms with Crippen molar-refractivity contribution in [3.05, 3.63) is 47.8 Å². The maximum absolute atomic E-state index is 13.0. The average Bonchev–Trinajstić information content (AvgIpc) is 2.54. The first kappa shape index (κ1) is 18.7. The maximum Gasteiger partial charge on any atom is 0.418 e. The van der Waals surface area contributed by atoms with Crippen LogP contribution in [0, 0.1) is 5.92 Å². The average molecular weight is 352 g/mol. The lowest BCUT2D eigenvalue weighted by Crippen LogP contribution is -2.26. The zero-order valence-electron chi connectivity index (χ0n) is 13.9. The van der Waals surface area contributed by atoms with E-state index in [-0.39, 0.29) is 17.3 Å². The number of nitrogens with zero attached hydrogens (tertiary/aromatic N) is 2. The van der Waals surface area contributed by atoms with Crippen molar-refractivity contribution >= 4 is 17.5 Å². The van der Waals surface area contributed by atoms with Crippen LogP contribution in [0.15, 0.2) is 36.5 Å². The Bertz CT molecular complexity index is 732. The maximum atomic E-state index is 13.0. The number of halogens is 3. The van der Waals surface area contributed by atoms with Crippen molar-refractivity contribution in [1.29, 1.82) is 0 Å². The van der Waals surface area contributed by atoms with E-state index in [1.807, 2.05) is 13.8 Å². The Hall–Kier alpha value is -2.64. The molecule has 2 aromatic rings. The summed E-state index contributed by atoms with van der Waals surface area (Å²) in [6.45, 7) is 4.58. The van der Waals surface area contributed by atoms with Gasteiger partial charge in [0.2, 0.25) is 5.95 Å². The van der Waals surface area contributed by atoms with Crippen LogP contribution in [0.4, 0.5) is 24.8 Å². The van der Waals surface area contributed by atoms with Crippen LogP contribution in [0.5, 0.6) is 0 Å². The summed E-state index contributed by atoms with van der Waals surface area (Å²) in [5.74, 6) is -0.0230. The summed E-state index contributed by atoms with van der Waals surface area (Å²) in [7, 11) is 0. The van der Waals surface area contributed by atoms with E-state index in [1.165, 1.54) is 30.5 Å². The second-order valence-corrected chi connectivity index (χ2v) is 5.87. The molecular weight excluding hydrogens is 333 g/mol. The summed E-state index contributed by atoms with van der Waals surface area (Å²) < 4.78 is 39.1. The van der Waals surface area contributed by atoms with Gasteiger partial charge in [0.05, 0.1) is 11.3 Å². The number of hydrogen-bond acceptors (Lipinski definition) is 4. The van der Waals surface area contributed by atoms with Crippen LogP contribution in [0.3, 0.4) is 0 Å². The fourth-order valence-electron chi connectivity index (χ4n) is 2.07. The number of para-hydroxylation sites is 1. The lowest BCUT2D eigenvalue weighted by Gasteiger charge is -2.13. The van der Waals surface area contributed by atoms with Gasteiger partial charge in [0, 0.05) is 12.7 Å². The second-order valence-electron chi connectivity index (χ2n) is 5.87. The molecule has 2 N–H and O–H groups in total. The lowest BCUT2D eigenvalue weighted by molar-refractivity contribution is -0.136. The Labute approximate surface area is 143 Å². The van der Waals surface area contributed by atoms with Crippen molar-refractivity contribution in [2.45, 2.75) is 26.4 Å². The molecule has 0 fully saturated rings. The monoisotopic (exact) mass is 352 g/mol. The molecule has 1 heterocycles. The van der Waals surface area contributed by atoms with Crippen LogP contribution in [0.1, 0.15) is 36.3 Å². The third-order valence-electron chi connectivity index (χ3n) is 3.37. The molecule has 1 aromatic carbocycles. The molecule has 1 amide bonds. The molecule has 0 aliphatic carbocycles. The fraction of sp³-hybridized carbons (Fsp3) is 0.353. The topological polar surface area (TPSA) is 66.9 Å². The summed E-state index contributed by atoms with van der Waals surface area (Å²) in [6.07, 6.45) is -2.36. The molecule has 134 valence electrons. The normalized spacial score (nSPS) is 11.4. The number of hydrogen-bond donors (Lipinski definition) is 2. The summed E-state index contributed by atoms with van der Waals surface area (Å²) in [6, 6.07) is 6.42. The molecule has 25 heavy (non-hydrogen) atoms. The molecule has 2 rings (SSSR count). The molecule has 0 aliphatic heterocycles. The standard InChI is InChI=1S/C17H19F3N4O/c1-11(2)7-9-21-15(25)14-8-10-22-16(24-14)23-13-6-4-3-5-12(13)17(18,19)20/h3-6,8,10-11H,7,9H2,1-2H3,(H,21,25)(H,22,23,24). The SMILES string of the molecule is CC(C)CCNC(=O)c1ccnc(Nc2ccccc2C(F)(F)F)n1. The van der Waals surface area contributed by atoms with Gasteiger partial charge in [-0.25, -0.2) is 9.97 Å². The number of carbonyl (C=O) groups is 1. The quantitative estimate of drug-likeness (QED) is 0.824. The van der Waals surface area contributed by atoms with Crippen molar-refractivity contribution in [2.75, 3.05) is 11.9 Å². The zero-order chi connectivity index (χ0) is 18.4. The predicted octanol–water partition coefficient (Wildman–Crippen LogP) is 4.01. The predicted molar refractivity (Wildman–Crippen MR) is 88.5 cm³/mol. The molecule has 0 radical (unpaired) electrons. The van der Waals surface area contributed by atoms with Gasteiger partial charge in [-0.1, -0.05) is 26.0 Å². The minimum atomic E-state index is -4.50. The van der Waals surface area contributed by atoms with Gasteiger partial charge in [0.1, 0.15) is 5.69 Å². The number of anilines is 2. The molecule has 8 heteroatoms. The van der Waals surface area contributed by atoms with E-state index >= 15 is 0 Å². The molecule has 0 saturated heterocycles. The first-order chi connectivity index (χ1) is 11.8. The first-order valence-electron chi connectivity index (χ1n) is 7.82. The fourth-order valence-corrected chi connectivity index (χ4v) is 2.07. The van der Waals surface area contributed by atoms with E-state index in [9.17, 15) is 18.0 Å². The smallest absolute Gasteiger partial charge is 0.351 e.